The minimum atomic E-state index is -3.53. The van der Waals surface area contributed by atoms with Crippen LogP contribution in [0.2, 0.25) is 18.6 Å². The number of halogens is 1. The van der Waals surface area contributed by atoms with Crippen molar-refractivity contribution in [2.24, 2.45) is 5.92 Å². The Morgan fingerprint density at radius 3 is 2.49 bits per heavy atom. The van der Waals surface area contributed by atoms with Gasteiger partial charge in [-0.3, -0.25) is 14.4 Å². The molecule has 9 nitrogen and oxygen atoms in total. The molecule has 3 aromatic carbocycles. The van der Waals surface area contributed by atoms with E-state index in [9.17, 15) is 19.5 Å². The highest BCUT2D eigenvalue weighted by Gasteiger charge is 2.67. The number of hydrogen-bond acceptors (Lipinski definition) is 6. The molecule has 0 radical (unpaired) electrons. The summed E-state index contributed by atoms with van der Waals surface area (Å²) in [5.74, 6) is -0.508. The molecule has 272 valence electrons. The van der Waals surface area contributed by atoms with Gasteiger partial charge in [-0.15, -0.1) is 0 Å². The highest BCUT2D eigenvalue weighted by Crippen LogP contribution is 2.60. The first kappa shape index (κ1) is 36.7. The Morgan fingerprint density at radius 1 is 1.02 bits per heavy atom. The predicted octanol–water partition coefficient (Wildman–Crippen LogP) is 6.73. The molecule has 3 amide bonds. The number of carbonyl (C=O) groups is 3. The molecule has 3 heterocycles. The van der Waals surface area contributed by atoms with Crippen LogP contribution < -0.4 is 14.5 Å². The molecule has 0 bridgehead atoms. The van der Waals surface area contributed by atoms with E-state index in [0.29, 0.717) is 36.5 Å². The summed E-state index contributed by atoms with van der Waals surface area (Å²) in [7, 11) is -1.97. The number of aliphatic hydroxyl groups excluding tert-OH is 1. The summed E-state index contributed by atoms with van der Waals surface area (Å²) in [6.45, 7) is 6.18. The van der Waals surface area contributed by atoms with E-state index in [1.54, 1.807) is 42.1 Å². The van der Waals surface area contributed by atoms with Crippen molar-refractivity contribution in [1.29, 1.82) is 0 Å². The van der Waals surface area contributed by atoms with Crippen LogP contribution in [-0.4, -0.2) is 69.0 Å². The number of nitrogens with zero attached hydrogens (tertiary/aromatic N) is 3. The van der Waals surface area contributed by atoms with E-state index >= 15 is 4.11 Å². The van der Waals surface area contributed by atoms with Crippen molar-refractivity contribution in [2.75, 3.05) is 36.6 Å². The minimum absolute atomic E-state index is 0.111. The summed E-state index contributed by atoms with van der Waals surface area (Å²) >= 11 is 0. The third-order valence-electron chi connectivity index (χ3n) is 10.9. The maximum Gasteiger partial charge on any atom is 0.264 e. The molecule has 1 spiro atoms. The number of fused-ring (bicyclic) bond motifs is 2. The molecule has 3 aliphatic heterocycles. The third kappa shape index (κ3) is 7.34. The summed E-state index contributed by atoms with van der Waals surface area (Å²) in [4.78, 5) is 47.1. The van der Waals surface area contributed by atoms with Crippen LogP contribution in [0.3, 0.4) is 0 Å². The Bertz CT molecular complexity index is 1730. The van der Waals surface area contributed by atoms with Crippen molar-refractivity contribution in [3.05, 3.63) is 89.5 Å². The molecule has 3 aromatic rings. The maximum atomic E-state index is 16.5. The van der Waals surface area contributed by atoms with Gasteiger partial charge in [-0.1, -0.05) is 62.2 Å². The van der Waals surface area contributed by atoms with Crippen LogP contribution in [0.1, 0.15) is 62.1 Å². The summed E-state index contributed by atoms with van der Waals surface area (Å²) in [5, 5.41) is 9.83. The van der Waals surface area contributed by atoms with Crippen LogP contribution in [0.5, 0.6) is 5.75 Å². The van der Waals surface area contributed by atoms with Gasteiger partial charge in [-0.25, -0.2) is 0 Å². The molecular formula is C40H50FN3O6Si. The molecule has 3 aliphatic rings. The van der Waals surface area contributed by atoms with Gasteiger partial charge in [0, 0.05) is 48.8 Å². The Labute approximate surface area is 301 Å². The molecule has 11 heteroatoms. The molecule has 51 heavy (non-hydrogen) atoms. The molecule has 0 unspecified atom stereocenters. The van der Waals surface area contributed by atoms with E-state index in [-0.39, 0.29) is 43.8 Å². The van der Waals surface area contributed by atoms with Crippen molar-refractivity contribution >= 4 is 37.5 Å². The fourth-order valence-corrected chi connectivity index (χ4v) is 11.0. The number of aliphatic hydroxyl groups is 1. The zero-order chi connectivity index (χ0) is 36.3. The third-order valence-corrected chi connectivity index (χ3v) is 13.3. The number of benzene rings is 3. The molecule has 6 rings (SSSR count). The molecule has 0 aliphatic carbocycles. The van der Waals surface area contributed by atoms with Crippen LogP contribution >= 0.6 is 0 Å². The second-order valence-corrected chi connectivity index (χ2v) is 18.4. The van der Waals surface area contributed by atoms with Crippen LogP contribution in [-0.2, 0) is 37.8 Å². The van der Waals surface area contributed by atoms with Crippen molar-refractivity contribution in [3.63, 3.8) is 0 Å². The maximum absolute atomic E-state index is 16.5. The van der Waals surface area contributed by atoms with E-state index in [2.05, 4.69) is 0 Å². The van der Waals surface area contributed by atoms with Crippen LogP contribution in [0.25, 0.3) is 0 Å². The molecular weight excluding hydrogens is 666 g/mol. The Balaban J connectivity index is 1.33. The largest absolute Gasteiger partial charge is 0.497 e. The van der Waals surface area contributed by atoms with Gasteiger partial charge < -0.3 is 33.4 Å². The highest BCUT2D eigenvalue weighted by molar-refractivity contribution is 6.72. The van der Waals surface area contributed by atoms with E-state index in [4.69, 9.17) is 9.47 Å². The van der Waals surface area contributed by atoms with E-state index in [1.165, 1.54) is 0 Å². The van der Waals surface area contributed by atoms with E-state index < -0.39 is 31.6 Å². The van der Waals surface area contributed by atoms with Gasteiger partial charge in [0.25, 0.3) is 5.91 Å². The lowest BCUT2D eigenvalue weighted by Crippen LogP contribution is -2.45. The topological polar surface area (TPSA) is 99.6 Å². The van der Waals surface area contributed by atoms with Crippen molar-refractivity contribution in [3.8, 4) is 5.75 Å². The number of methoxy groups -OCH3 is 1. The second kappa shape index (κ2) is 15.3. The lowest BCUT2D eigenvalue weighted by Gasteiger charge is -2.31. The lowest BCUT2D eigenvalue weighted by atomic mass is 9.82. The minimum Gasteiger partial charge on any atom is -0.497 e. The molecule has 4 atom stereocenters. The monoisotopic (exact) mass is 715 g/mol. The van der Waals surface area contributed by atoms with Crippen molar-refractivity contribution < 1.29 is 33.1 Å². The number of ether oxygens (including phenoxy) is 2. The first-order valence-electron chi connectivity index (χ1n) is 18.2. The average Bonchev–Trinajstić information content (AvgIpc) is 3.52. The lowest BCUT2D eigenvalue weighted by molar-refractivity contribution is -0.150. The summed E-state index contributed by atoms with van der Waals surface area (Å²) in [5.41, 5.74) is 1.62. The normalized spacial score (nSPS) is 23.7. The first-order chi connectivity index (χ1) is 24.5. The van der Waals surface area contributed by atoms with Crippen LogP contribution in [0.15, 0.2) is 72.8 Å². The number of carbonyl (C=O) groups excluding carboxylic acids is 3. The quantitative estimate of drug-likeness (QED) is 0.175. The second-order valence-electron chi connectivity index (χ2n) is 14.7. The molecule has 0 saturated carbocycles. The number of rotatable bonds is 11. The van der Waals surface area contributed by atoms with Crippen LogP contribution in [0.4, 0.5) is 15.5 Å². The average molecular weight is 716 g/mol. The number of hydrogen-bond donors (Lipinski definition) is 1. The zero-order valence-electron chi connectivity index (χ0n) is 30.1. The fraction of sp³-hybridized carbons (Fsp3) is 0.475. The van der Waals surface area contributed by atoms with Gasteiger partial charge >= 0.3 is 0 Å². The number of amides is 3. The Morgan fingerprint density at radius 2 is 1.76 bits per heavy atom. The molecule has 1 N–H and O–H groups in total. The summed E-state index contributed by atoms with van der Waals surface area (Å²) < 4.78 is 29.0. The Hall–Kier alpha value is -4.06. The van der Waals surface area contributed by atoms with E-state index in [1.807, 2.05) is 72.5 Å². The predicted molar refractivity (Wildman–Crippen MR) is 198 cm³/mol. The van der Waals surface area contributed by atoms with Crippen molar-refractivity contribution in [2.45, 2.75) is 88.9 Å². The standard InChI is InChI=1S/C40H50FN3O6Si/c1-28-38(51(3,4)41)35(25-37(47)42(21-22-45)26-29-13-8-7-9-14-29)50-40(28)33-24-32(49-2)18-19-34(33)44(39(40)48)27-30-15-12-16-31(23-30)43-20-11-6-5-10-17-36(43)46/h7-9,12-16,18-19,23-24,28,35,38,45H,5-6,10-11,17,20-22,25-27H2,1-4H3/t28-,35+,38-,40+/m1/s1. The summed E-state index contributed by atoms with van der Waals surface area (Å²) in [6, 6.07) is 22.8. The summed E-state index contributed by atoms with van der Waals surface area (Å²) in [6.07, 6.45) is 3.52. The Kier molecular flexibility index (Phi) is 11.0. The molecule has 0 aromatic heterocycles. The van der Waals surface area contributed by atoms with E-state index in [0.717, 1.165) is 42.5 Å². The zero-order valence-corrected chi connectivity index (χ0v) is 31.1. The van der Waals surface area contributed by atoms with Crippen LogP contribution in [0, 0.1) is 5.92 Å². The van der Waals surface area contributed by atoms with Gasteiger partial charge in [0.1, 0.15) is 5.75 Å². The SMILES string of the molecule is COc1ccc2c(c1)[C@]1(O[C@@H](CC(=O)N(CCO)Cc3ccccc3)[C@H]([Si](C)(C)F)[C@H]1C)C(=O)N2Cc1cccc(N2CCCCCCC2=O)c1. The molecule has 2 fully saturated rings. The first-order valence-corrected chi connectivity index (χ1v) is 21.1. The van der Waals surface area contributed by atoms with Gasteiger partial charge in [0.15, 0.2) is 5.60 Å². The van der Waals surface area contributed by atoms with Gasteiger partial charge in [-0.2, -0.15) is 0 Å². The van der Waals surface area contributed by atoms with Gasteiger partial charge in [-0.05, 0) is 67.4 Å². The van der Waals surface area contributed by atoms with Gasteiger partial charge in [0.05, 0.1) is 38.5 Å². The van der Waals surface area contributed by atoms with Crippen molar-refractivity contribution in [1.82, 2.24) is 4.90 Å². The highest BCUT2D eigenvalue weighted by atomic mass is 28.4. The van der Waals surface area contributed by atoms with Gasteiger partial charge in [0.2, 0.25) is 20.2 Å². The fourth-order valence-electron chi connectivity index (χ4n) is 8.47. The smallest absolute Gasteiger partial charge is 0.264 e. The molecule has 2 saturated heterocycles. The number of anilines is 2.